The summed E-state index contributed by atoms with van der Waals surface area (Å²) in [5.41, 5.74) is 1.44. The Kier molecular flexibility index (Phi) is 8.23. The van der Waals surface area contributed by atoms with Gasteiger partial charge in [0, 0.05) is 23.6 Å². The Morgan fingerprint density at radius 1 is 1.06 bits per heavy atom. The summed E-state index contributed by atoms with van der Waals surface area (Å²) in [5, 5.41) is 8.34. The first-order valence-corrected chi connectivity index (χ1v) is 12.0. The van der Waals surface area contributed by atoms with E-state index in [4.69, 9.17) is 23.2 Å². The molecule has 2 aromatic carbocycles. The van der Waals surface area contributed by atoms with Crippen LogP contribution in [0, 0.1) is 11.7 Å². The number of amides is 2. The van der Waals surface area contributed by atoms with Gasteiger partial charge >= 0.3 is 0 Å². The van der Waals surface area contributed by atoms with Crippen LogP contribution in [-0.2, 0) is 10.2 Å². The predicted molar refractivity (Wildman–Crippen MR) is 138 cm³/mol. The van der Waals surface area contributed by atoms with Crippen LogP contribution in [0.25, 0.3) is 5.69 Å². The van der Waals surface area contributed by atoms with E-state index in [2.05, 4.69) is 10.4 Å². The summed E-state index contributed by atoms with van der Waals surface area (Å²) in [7, 11) is 0. The second-order valence-corrected chi connectivity index (χ2v) is 10.6. The zero-order chi connectivity index (χ0) is 25.9. The van der Waals surface area contributed by atoms with E-state index in [1.165, 1.54) is 29.2 Å². The minimum absolute atomic E-state index is 0.126. The Morgan fingerprint density at radius 2 is 1.71 bits per heavy atom. The molecule has 9 heteroatoms. The minimum Gasteiger partial charge on any atom is -0.329 e. The number of hydrogen-bond acceptors (Lipinski definition) is 3. The number of carbonyl (C=O) groups excluding carboxylic acids is 2. The van der Waals surface area contributed by atoms with Gasteiger partial charge in [0.25, 0.3) is 5.91 Å². The monoisotopic (exact) mass is 518 g/mol. The van der Waals surface area contributed by atoms with E-state index in [0.29, 0.717) is 33.7 Å². The summed E-state index contributed by atoms with van der Waals surface area (Å²) in [5.74, 6) is -0.594. The highest BCUT2D eigenvalue weighted by Gasteiger charge is 2.24. The highest BCUT2D eigenvalue weighted by molar-refractivity contribution is 6.42. The topological polar surface area (TPSA) is 67.2 Å². The molecule has 3 aromatic rings. The zero-order valence-electron chi connectivity index (χ0n) is 20.4. The summed E-state index contributed by atoms with van der Waals surface area (Å²) >= 11 is 12.3. The summed E-state index contributed by atoms with van der Waals surface area (Å²) in [6.07, 6.45) is 0. The van der Waals surface area contributed by atoms with E-state index in [0.717, 1.165) is 5.69 Å². The molecule has 0 aliphatic carbocycles. The highest BCUT2D eigenvalue weighted by Crippen LogP contribution is 2.29. The predicted octanol–water partition coefficient (Wildman–Crippen LogP) is 6.35. The summed E-state index contributed by atoms with van der Waals surface area (Å²) in [6, 6.07) is 12.2. The van der Waals surface area contributed by atoms with Crippen molar-refractivity contribution in [2.45, 2.75) is 40.0 Å². The maximum atomic E-state index is 13.3. The summed E-state index contributed by atoms with van der Waals surface area (Å²) in [4.78, 5) is 27.6. The molecule has 6 nitrogen and oxygen atoms in total. The maximum absolute atomic E-state index is 13.3. The van der Waals surface area contributed by atoms with Gasteiger partial charge in [-0.25, -0.2) is 9.07 Å². The number of hydrogen-bond donors (Lipinski definition) is 1. The number of rotatable bonds is 7. The van der Waals surface area contributed by atoms with Crippen molar-refractivity contribution in [3.05, 3.63) is 75.7 Å². The number of anilines is 1. The molecule has 1 aromatic heterocycles. The molecular weight excluding hydrogens is 490 g/mol. The van der Waals surface area contributed by atoms with Crippen molar-refractivity contribution in [1.29, 1.82) is 0 Å². The molecule has 1 heterocycles. The molecule has 0 saturated heterocycles. The maximum Gasteiger partial charge on any atom is 0.254 e. The van der Waals surface area contributed by atoms with E-state index in [1.807, 2.05) is 34.6 Å². The molecule has 0 atom stereocenters. The van der Waals surface area contributed by atoms with Crippen molar-refractivity contribution in [3.63, 3.8) is 0 Å². The van der Waals surface area contributed by atoms with Crippen LogP contribution < -0.4 is 5.32 Å². The summed E-state index contributed by atoms with van der Waals surface area (Å²) < 4.78 is 14.9. The molecule has 0 bridgehead atoms. The van der Waals surface area contributed by atoms with Crippen molar-refractivity contribution < 1.29 is 14.0 Å². The molecule has 0 aliphatic heterocycles. The van der Waals surface area contributed by atoms with Gasteiger partial charge in [0.2, 0.25) is 5.91 Å². The lowest BCUT2D eigenvalue weighted by Gasteiger charge is -2.24. The number of benzene rings is 2. The largest absolute Gasteiger partial charge is 0.329 e. The number of aromatic nitrogens is 2. The molecule has 1 N–H and O–H groups in total. The SMILES string of the molecule is CC(C)CN(CC(=O)Nc1cc(C(C)(C)C)nn1-c1ccc(Cl)c(Cl)c1)C(=O)c1ccc(F)cc1. The van der Waals surface area contributed by atoms with E-state index < -0.39 is 5.82 Å². The van der Waals surface area contributed by atoms with Gasteiger partial charge in [-0.15, -0.1) is 0 Å². The van der Waals surface area contributed by atoms with Crippen LogP contribution in [-0.4, -0.2) is 39.6 Å². The molecular formula is C26H29Cl2FN4O2. The Hall–Kier alpha value is -2.90. The average Bonchev–Trinajstić information content (AvgIpc) is 3.19. The third-order valence-corrected chi connectivity index (χ3v) is 5.93. The Morgan fingerprint density at radius 3 is 2.29 bits per heavy atom. The molecule has 0 saturated carbocycles. The van der Waals surface area contributed by atoms with E-state index in [-0.39, 0.29) is 29.7 Å². The fraction of sp³-hybridized carbons (Fsp3) is 0.346. The number of nitrogens with one attached hydrogen (secondary N) is 1. The standard InChI is InChI=1S/C26H29Cl2FN4O2/c1-16(2)14-32(25(35)17-6-8-18(29)9-7-17)15-24(34)30-23-13-22(26(3,4)5)31-33(23)19-10-11-20(27)21(28)12-19/h6-13,16H,14-15H2,1-5H3,(H,30,34). The minimum atomic E-state index is -0.431. The van der Waals surface area contributed by atoms with Crippen molar-refractivity contribution in [1.82, 2.24) is 14.7 Å². The van der Waals surface area contributed by atoms with Gasteiger partial charge in [0.15, 0.2) is 0 Å². The summed E-state index contributed by atoms with van der Waals surface area (Å²) in [6.45, 7) is 10.2. The van der Waals surface area contributed by atoms with Gasteiger partial charge < -0.3 is 10.2 Å². The Balaban J connectivity index is 1.89. The van der Waals surface area contributed by atoms with Crippen LogP contribution >= 0.6 is 23.2 Å². The van der Waals surface area contributed by atoms with Crippen LogP contribution in [0.3, 0.4) is 0 Å². The normalized spacial score (nSPS) is 11.6. The van der Waals surface area contributed by atoms with E-state index in [1.54, 1.807) is 28.9 Å². The quantitative estimate of drug-likeness (QED) is 0.396. The molecule has 0 aliphatic rings. The number of halogens is 3. The smallest absolute Gasteiger partial charge is 0.254 e. The van der Waals surface area contributed by atoms with Crippen LogP contribution in [0.1, 0.15) is 50.7 Å². The van der Waals surface area contributed by atoms with Crippen molar-refractivity contribution in [3.8, 4) is 5.69 Å². The zero-order valence-corrected chi connectivity index (χ0v) is 21.9. The van der Waals surface area contributed by atoms with Crippen molar-refractivity contribution in [2.75, 3.05) is 18.4 Å². The number of nitrogens with zero attached hydrogens (tertiary/aromatic N) is 3. The fourth-order valence-corrected chi connectivity index (χ4v) is 3.73. The Labute approximate surface area is 215 Å². The van der Waals surface area contributed by atoms with Gasteiger partial charge in [-0.1, -0.05) is 57.8 Å². The number of carbonyl (C=O) groups is 2. The van der Waals surface area contributed by atoms with Crippen molar-refractivity contribution in [2.24, 2.45) is 5.92 Å². The van der Waals surface area contributed by atoms with Crippen LogP contribution in [0.2, 0.25) is 10.0 Å². The molecule has 35 heavy (non-hydrogen) atoms. The van der Waals surface area contributed by atoms with E-state index in [9.17, 15) is 14.0 Å². The third-order valence-electron chi connectivity index (χ3n) is 5.19. The van der Waals surface area contributed by atoms with Gasteiger partial charge in [-0.05, 0) is 48.4 Å². The highest BCUT2D eigenvalue weighted by atomic mass is 35.5. The van der Waals surface area contributed by atoms with Crippen LogP contribution in [0.15, 0.2) is 48.5 Å². The first-order chi connectivity index (χ1) is 16.3. The molecule has 3 rings (SSSR count). The first-order valence-electron chi connectivity index (χ1n) is 11.3. The second kappa shape index (κ2) is 10.8. The lowest BCUT2D eigenvalue weighted by atomic mass is 9.92. The third kappa shape index (κ3) is 6.83. The molecule has 0 unspecified atom stereocenters. The lowest BCUT2D eigenvalue weighted by Crippen LogP contribution is -2.40. The molecule has 0 radical (unpaired) electrons. The Bertz CT molecular complexity index is 1220. The van der Waals surface area contributed by atoms with Crippen molar-refractivity contribution >= 4 is 40.8 Å². The van der Waals surface area contributed by atoms with E-state index >= 15 is 0 Å². The van der Waals surface area contributed by atoms with Gasteiger partial charge in [0.05, 0.1) is 21.4 Å². The molecule has 0 spiro atoms. The van der Waals surface area contributed by atoms with Crippen LogP contribution in [0.4, 0.5) is 10.2 Å². The average molecular weight is 519 g/mol. The molecule has 0 fully saturated rings. The van der Waals surface area contributed by atoms with Crippen LogP contribution in [0.5, 0.6) is 0 Å². The van der Waals surface area contributed by atoms with Gasteiger partial charge in [0.1, 0.15) is 18.2 Å². The first kappa shape index (κ1) is 26.7. The van der Waals surface area contributed by atoms with Gasteiger partial charge in [-0.3, -0.25) is 9.59 Å². The second-order valence-electron chi connectivity index (χ2n) is 9.81. The lowest BCUT2D eigenvalue weighted by molar-refractivity contribution is -0.117. The molecule has 186 valence electrons. The molecule has 2 amide bonds. The van der Waals surface area contributed by atoms with Gasteiger partial charge in [-0.2, -0.15) is 5.10 Å². The fourth-order valence-electron chi connectivity index (χ4n) is 3.44.